The van der Waals surface area contributed by atoms with Crippen LogP contribution in [0.15, 0.2) is 6.20 Å². The molecule has 3 atom stereocenters. The fourth-order valence-corrected chi connectivity index (χ4v) is 5.49. The van der Waals surface area contributed by atoms with Gasteiger partial charge in [0.1, 0.15) is 0 Å². The van der Waals surface area contributed by atoms with Gasteiger partial charge in [0, 0.05) is 38.3 Å². The third-order valence-electron chi connectivity index (χ3n) is 7.59. The van der Waals surface area contributed by atoms with Crippen LogP contribution in [0.4, 0.5) is 18.9 Å². The number of nitrogens with zero attached hydrogens (tertiary/aromatic N) is 3. The van der Waals surface area contributed by atoms with Gasteiger partial charge in [0.05, 0.1) is 29.5 Å². The number of piperidine rings is 2. The fourth-order valence-electron chi connectivity index (χ4n) is 5.49. The van der Waals surface area contributed by atoms with E-state index in [1.807, 2.05) is 22.7 Å². The molecule has 0 aromatic carbocycles. The zero-order valence-corrected chi connectivity index (χ0v) is 20.7. The van der Waals surface area contributed by atoms with Gasteiger partial charge in [0.15, 0.2) is 0 Å². The molecule has 3 unspecified atom stereocenters. The number of nitrogens with one attached hydrogen (secondary N) is 4. The number of alkyl halides is 3. The lowest BCUT2D eigenvalue weighted by molar-refractivity contribution is -0.186. The van der Waals surface area contributed by atoms with Gasteiger partial charge in [0.25, 0.3) is 0 Å². The summed E-state index contributed by atoms with van der Waals surface area (Å²) in [5, 5.41) is 17.6. The molecule has 11 heteroatoms. The summed E-state index contributed by atoms with van der Waals surface area (Å²) >= 11 is 0. The van der Waals surface area contributed by atoms with Crippen LogP contribution in [0.25, 0.3) is 0 Å². The number of anilines is 1. The highest BCUT2D eigenvalue weighted by molar-refractivity contribution is 5.76. The fraction of sp³-hybridized carbons (Fsp3) is 0.833. The van der Waals surface area contributed by atoms with E-state index < -0.39 is 18.1 Å². The molecule has 35 heavy (non-hydrogen) atoms. The molecule has 3 saturated heterocycles. The summed E-state index contributed by atoms with van der Waals surface area (Å²) in [4.78, 5) is 14.0. The van der Waals surface area contributed by atoms with E-state index in [1.54, 1.807) is 0 Å². The van der Waals surface area contributed by atoms with Crippen molar-refractivity contribution in [3.8, 4) is 0 Å². The maximum absolute atomic E-state index is 13.7. The highest BCUT2D eigenvalue weighted by atomic mass is 19.4. The van der Waals surface area contributed by atoms with Crippen molar-refractivity contribution in [2.24, 2.45) is 5.92 Å². The number of aryl methyl sites for hydroxylation is 1. The van der Waals surface area contributed by atoms with E-state index >= 15 is 0 Å². The first-order valence-electron chi connectivity index (χ1n) is 13.2. The summed E-state index contributed by atoms with van der Waals surface area (Å²) in [5.74, 6) is -1.28. The lowest BCUT2D eigenvalue weighted by Crippen LogP contribution is -2.58. The molecule has 0 saturated carbocycles. The minimum Gasteiger partial charge on any atom is -0.367 e. The second-order valence-electron chi connectivity index (χ2n) is 10.2. The van der Waals surface area contributed by atoms with Crippen molar-refractivity contribution >= 4 is 11.6 Å². The van der Waals surface area contributed by atoms with Gasteiger partial charge in [-0.3, -0.25) is 14.8 Å². The second kappa shape index (κ2) is 11.9. The molecule has 3 aliphatic heterocycles. The van der Waals surface area contributed by atoms with Crippen molar-refractivity contribution in [1.29, 1.82) is 0 Å². The minimum absolute atomic E-state index is 0.134. The van der Waals surface area contributed by atoms with Gasteiger partial charge in [-0.2, -0.15) is 18.3 Å². The van der Waals surface area contributed by atoms with Crippen LogP contribution >= 0.6 is 0 Å². The molecule has 0 radical (unpaired) electrons. The Morgan fingerprint density at radius 3 is 2.77 bits per heavy atom. The van der Waals surface area contributed by atoms with E-state index in [0.29, 0.717) is 38.4 Å². The number of aromatic nitrogens is 2. The number of carbonyl (C=O) groups excluding carboxylic acids is 1. The van der Waals surface area contributed by atoms with E-state index in [0.717, 1.165) is 63.1 Å². The Kier molecular flexibility index (Phi) is 8.93. The van der Waals surface area contributed by atoms with Crippen LogP contribution in [0.1, 0.15) is 63.1 Å². The summed E-state index contributed by atoms with van der Waals surface area (Å²) in [6, 6.07) is -0.335. The van der Waals surface area contributed by atoms with E-state index in [4.69, 9.17) is 0 Å². The van der Waals surface area contributed by atoms with Gasteiger partial charge in [-0.1, -0.05) is 6.42 Å². The Hall–Kier alpha value is -1.85. The smallest absolute Gasteiger partial charge is 0.367 e. The Balaban J connectivity index is 1.31. The number of carbonyl (C=O) groups is 1. The molecule has 3 aliphatic rings. The van der Waals surface area contributed by atoms with E-state index in [9.17, 15) is 18.0 Å². The predicted octanol–water partition coefficient (Wildman–Crippen LogP) is 2.78. The highest BCUT2D eigenvalue weighted by Gasteiger charge is 2.47. The standard InChI is InChI=1S/C24H40F3N7O/c1-17-21(16-34(32-17)18-7-10-28-11-8-18)31-22-14-20(19(15-30-22)24(25,26)27)29-9-5-13-33-12-4-2-3-6-23(33)35/h16,18-20,22,28-31H,2-15H2,1H3. The Morgan fingerprint density at radius 1 is 1.20 bits per heavy atom. The van der Waals surface area contributed by atoms with Gasteiger partial charge in [-0.05, 0) is 65.1 Å². The monoisotopic (exact) mass is 499 g/mol. The van der Waals surface area contributed by atoms with Crippen LogP contribution in [0.2, 0.25) is 0 Å². The van der Waals surface area contributed by atoms with Crippen LogP contribution in [0, 0.1) is 12.8 Å². The van der Waals surface area contributed by atoms with E-state index in [1.165, 1.54) is 0 Å². The summed E-state index contributed by atoms with van der Waals surface area (Å²) in [5.41, 5.74) is 1.72. The van der Waals surface area contributed by atoms with Crippen LogP contribution in [0.5, 0.6) is 0 Å². The quantitative estimate of drug-likeness (QED) is 0.412. The molecule has 4 N–H and O–H groups in total. The molecule has 0 aliphatic carbocycles. The zero-order chi connectivity index (χ0) is 24.8. The third-order valence-corrected chi connectivity index (χ3v) is 7.59. The number of hydrogen-bond donors (Lipinski definition) is 4. The molecule has 8 nitrogen and oxygen atoms in total. The van der Waals surface area contributed by atoms with Crippen LogP contribution in [0.3, 0.4) is 0 Å². The van der Waals surface area contributed by atoms with Crippen LogP contribution in [-0.2, 0) is 4.79 Å². The largest absolute Gasteiger partial charge is 0.394 e. The van der Waals surface area contributed by atoms with Crippen molar-refractivity contribution in [1.82, 2.24) is 30.6 Å². The van der Waals surface area contributed by atoms with Gasteiger partial charge in [-0.15, -0.1) is 0 Å². The first-order valence-corrected chi connectivity index (χ1v) is 13.2. The number of likely N-dealkylation sites (tertiary alicyclic amines) is 1. The second-order valence-corrected chi connectivity index (χ2v) is 10.2. The summed E-state index contributed by atoms with van der Waals surface area (Å²) in [6.07, 6.45) is 4.02. The maximum atomic E-state index is 13.7. The Labute approximate surface area is 205 Å². The SMILES string of the molecule is Cc1nn(C2CCNCC2)cc1NC1CC(NCCCN2CCCCCC2=O)C(C(F)(F)F)CN1. The summed E-state index contributed by atoms with van der Waals surface area (Å²) in [7, 11) is 0. The Bertz CT molecular complexity index is 825. The minimum atomic E-state index is -4.27. The number of hydrogen-bond acceptors (Lipinski definition) is 6. The molecule has 4 rings (SSSR count). The molecule has 0 spiro atoms. The van der Waals surface area contributed by atoms with Crippen molar-refractivity contribution in [3.63, 3.8) is 0 Å². The van der Waals surface area contributed by atoms with Gasteiger partial charge >= 0.3 is 6.18 Å². The molecule has 1 aromatic heterocycles. The van der Waals surface area contributed by atoms with Gasteiger partial charge < -0.3 is 20.9 Å². The summed E-state index contributed by atoms with van der Waals surface area (Å²) in [6.45, 7) is 5.55. The van der Waals surface area contributed by atoms with E-state index in [-0.39, 0.29) is 18.6 Å². The molecule has 0 bridgehead atoms. The number of amides is 1. The maximum Gasteiger partial charge on any atom is 0.394 e. The topological polar surface area (TPSA) is 86.2 Å². The lowest BCUT2D eigenvalue weighted by atomic mass is 9.90. The van der Waals surface area contributed by atoms with Crippen LogP contribution in [-0.4, -0.2) is 78.2 Å². The molecule has 198 valence electrons. The normalized spacial score (nSPS) is 27.1. The Morgan fingerprint density at radius 2 is 2.00 bits per heavy atom. The van der Waals surface area contributed by atoms with Crippen molar-refractivity contribution < 1.29 is 18.0 Å². The molecule has 1 amide bonds. The first kappa shape index (κ1) is 26.2. The molecule has 4 heterocycles. The van der Waals surface area contributed by atoms with Crippen molar-refractivity contribution in [2.75, 3.05) is 44.6 Å². The van der Waals surface area contributed by atoms with Crippen molar-refractivity contribution in [3.05, 3.63) is 11.9 Å². The predicted molar refractivity (Wildman–Crippen MR) is 129 cm³/mol. The average Bonchev–Trinajstić information content (AvgIpc) is 3.06. The first-order chi connectivity index (χ1) is 16.8. The lowest BCUT2D eigenvalue weighted by Gasteiger charge is -2.39. The van der Waals surface area contributed by atoms with Crippen molar-refractivity contribution in [2.45, 2.75) is 82.7 Å². The number of rotatable bonds is 8. The third kappa shape index (κ3) is 7.10. The van der Waals surface area contributed by atoms with Gasteiger partial charge in [-0.25, -0.2) is 0 Å². The van der Waals surface area contributed by atoms with Crippen LogP contribution < -0.4 is 21.3 Å². The molecule has 1 aromatic rings. The number of halogens is 3. The highest BCUT2D eigenvalue weighted by Crippen LogP contribution is 2.33. The summed E-state index contributed by atoms with van der Waals surface area (Å²) < 4.78 is 43.2. The molecular weight excluding hydrogens is 459 g/mol. The zero-order valence-electron chi connectivity index (χ0n) is 20.7. The molecule has 3 fully saturated rings. The average molecular weight is 500 g/mol. The molecular formula is C24H40F3N7O. The van der Waals surface area contributed by atoms with E-state index in [2.05, 4.69) is 26.4 Å². The van der Waals surface area contributed by atoms with Gasteiger partial charge in [0.2, 0.25) is 5.91 Å².